The van der Waals surface area contributed by atoms with Gasteiger partial charge in [-0.3, -0.25) is 0 Å². The molecule has 0 spiro atoms. The average Bonchev–Trinajstić information content (AvgIpc) is 2.93. The van der Waals surface area contributed by atoms with Crippen molar-refractivity contribution in [3.05, 3.63) is 0 Å². The van der Waals surface area contributed by atoms with Crippen molar-refractivity contribution in [1.29, 1.82) is 0 Å². The lowest BCUT2D eigenvalue weighted by Gasteiger charge is -2.26. The molecule has 0 bridgehead atoms. The van der Waals surface area contributed by atoms with Gasteiger partial charge in [0.25, 0.3) is 0 Å². The first-order valence-electron chi connectivity index (χ1n) is 7.79. The van der Waals surface area contributed by atoms with Crippen molar-refractivity contribution in [3.8, 4) is 0 Å². The fourth-order valence-electron chi connectivity index (χ4n) is 3.21. The molecule has 2 aliphatic rings. The molecule has 1 saturated carbocycles. The van der Waals surface area contributed by atoms with Crippen LogP contribution in [0.5, 0.6) is 0 Å². The number of ether oxygens (including phenoxy) is 2. The summed E-state index contributed by atoms with van der Waals surface area (Å²) >= 11 is 0. The van der Waals surface area contributed by atoms with Crippen LogP contribution in [0.4, 0.5) is 0 Å². The molecule has 2 rings (SSSR count). The Bertz CT molecular complexity index is 211. The average molecular weight is 255 g/mol. The summed E-state index contributed by atoms with van der Waals surface area (Å²) in [6.07, 6.45) is 8.17. The van der Waals surface area contributed by atoms with Gasteiger partial charge in [0.15, 0.2) is 0 Å². The number of rotatable bonds is 7. The van der Waals surface area contributed by atoms with Gasteiger partial charge in [-0.2, -0.15) is 0 Å². The Balaban J connectivity index is 1.64. The van der Waals surface area contributed by atoms with E-state index in [9.17, 15) is 0 Å². The van der Waals surface area contributed by atoms with E-state index >= 15 is 0 Å². The zero-order chi connectivity index (χ0) is 12.6. The topological polar surface area (TPSA) is 30.5 Å². The molecule has 2 atom stereocenters. The fourth-order valence-corrected chi connectivity index (χ4v) is 3.21. The van der Waals surface area contributed by atoms with Crippen molar-refractivity contribution in [2.75, 3.05) is 33.0 Å². The van der Waals surface area contributed by atoms with Crippen LogP contribution < -0.4 is 5.32 Å². The molecule has 1 heterocycles. The third-order valence-electron chi connectivity index (χ3n) is 4.38. The van der Waals surface area contributed by atoms with E-state index in [4.69, 9.17) is 9.47 Å². The molecule has 2 fully saturated rings. The van der Waals surface area contributed by atoms with Crippen molar-refractivity contribution in [3.63, 3.8) is 0 Å². The highest BCUT2D eigenvalue weighted by Crippen LogP contribution is 2.24. The van der Waals surface area contributed by atoms with E-state index in [0.717, 1.165) is 38.9 Å². The molecule has 1 aliphatic heterocycles. The van der Waals surface area contributed by atoms with Gasteiger partial charge in [-0.1, -0.05) is 26.2 Å². The minimum absolute atomic E-state index is 0.487. The van der Waals surface area contributed by atoms with Gasteiger partial charge in [-0.25, -0.2) is 0 Å². The summed E-state index contributed by atoms with van der Waals surface area (Å²) < 4.78 is 11.5. The molecule has 0 aromatic heterocycles. The quantitative estimate of drug-likeness (QED) is 0.758. The standard InChI is InChI=1S/C15H29NO2/c1-2-16-15(14-8-9-17-11-14)12-18-10-13-6-4-3-5-7-13/h13-16H,2-12H2,1H3. The zero-order valence-electron chi connectivity index (χ0n) is 11.8. The van der Waals surface area contributed by atoms with Crippen molar-refractivity contribution in [2.24, 2.45) is 11.8 Å². The molecule has 3 nitrogen and oxygen atoms in total. The molecule has 0 aromatic rings. The Labute approximate surface area is 112 Å². The van der Waals surface area contributed by atoms with Crippen LogP contribution in [0.25, 0.3) is 0 Å². The Kier molecular flexibility index (Phi) is 6.46. The monoisotopic (exact) mass is 255 g/mol. The summed E-state index contributed by atoms with van der Waals surface area (Å²) in [5, 5.41) is 3.56. The highest BCUT2D eigenvalue weighted by Gasteiger charge is 2.25. The van der Waals surface area contributed by atoms with Gasteiger partial charge in [-0.05, 0) is 31.7 Å². The lowest BCUT2D eigenvalue weighted by Crippen LogP contribution is -2.40. The van der Waals surface area contributed by atoms with Crippen LogP contribution in [0.15, 0.2) is 0 Å². The molecular formula is C15H29NO2. The number of hydrogen-bond acceptors (Lipinski definition) is 3. The second kappa shape index (κ2) is 8.13. The Morgan fingerprint density at radius 3 is 2.72 bits per heavy atom. The summed E-state index contributed by atoms with van der Waals surface area (Å²) in [6.45, 7) is 6.85. The lowest BCUT2D eigenvalue weighted by atomic mass is 9.90. The summed E-state index contributed by atoms with van der Waals surface area (Å²) in [4.78, 5) is 0. The first-order valence-corrected chi connectivity index (χ1v) is 7.79. The van der Waals surface area contributed by atoms with E-state index in [1.807, 2.05) is 0 Å². The molecule has 0 aromatic carbocycles. The Morgan fingerprint density at radius 1 is 1.22 bits per heavy atom. The van der Waals surface area contributed by atoms with Crippen LogP contribution in [0, 0.1) is 11.8 Å². The van der Waals surface area contributed by atoms with E-state index < -0.39 is 0 Å². The highest BCUT2D eigenvalue weighted by atomic mass is 16.5. The van der Waals surface area contributed by atoms with Gasteiger partial charge >= 0.3 is 0 Å². The first kappa shape index (κ1) is 14.3. The van der Waals surface area contributed by atoms with E-state index in [2.05, 4.69) is 12.2 Å². The zero-order valence-corrected chi connectivity index (χ0v) is 11.8. The molecule has 2 unspecified atom stereocenters. The van der Waals surface area contributed by atoms with Crippen LogP contribution in [-0.4, -0.2) is 39.0 Å². The maximum Gasteiger partial charge on any atom is 0.0623 e. The predicted octanol–water partition coefficient (Wildman–Crippen LogP) is 2.60. The molecule has 106 valence electrons. The molecule has 0 amide bonds. The molecule has 0 radical (unpaired) electrons. The lowest BCUT2D eigenvalue weighted by molar-refractivity contribution is 0.0550. The van der Waals surface area contributed by atoms with Gasteiger partial charge in [0.2, 0.25) is 0 Å². The summed E-state index contributed by atoms with van der Waals surface area (Å²) in [5.41, 5.74) is 0. The van der Waals surface area contributed by atoms with Crippen molar-refractivity contribution in [2.45, 2.75) is 51.5 Å². The predicted molar refractivity (Wildman–Crippen MR) is 73.8 cm³/mol. The molecule has 18 heavy (non-hydrogen) atoms. The molecule has 3 heteroatoms. The third kappa shape index (κ3) is 4.52. The summed E-state index contributed by atoms with van der Waals surface area (Å²) in [7, 11) is 0. The van der Waals surface area contributed by atoms with Gasteiger partial charge in [-0.15, -0.1) is 0 Å². The van der Waals surface area contributed by atoms with Gasteiger partial charge < -0.3 is 14.8 Å². The minimum atomic E-state index is 0.487. The second-order valence-electron chi connectivity index (χ2n) is 5.83. The van der Waals surface area contributed by atoms with Crippen LogP contribution in [0.3, 0.4) is 0 Å². The maximum atomic E-state index is 5.98. The minimum Gasteiger partial charge on any atom is -0.381 e. The second-order valence-corrected chi connectivity index (χ2v) is 5.83. The van der Waals surface area contributed by atoms with Crippen molar-refractivity contribution < 1.29 is 9.47 Å². The number of hydrogen-bond donors (Lipinski definition) is 1. The van der Waals surface area contributed by atoms with Gasteiger partial charge in [0.1, 0.15) is 0 Å². The van der Waals surface area contributed by atoms with Crippen LogP contribution >= 0.6 is 0 Å². The van der Waals surface area contributed by atoms with E-state index in [0.29, 0.717) is 12.0 Å². The number of likely N-dealkylation sites (N-methyl/N-ethyl adjacent to an activating group) is 1. The van der Waals surface area contributed by atoms with Crippen LogP contribution in [0.1, 0.15) is 45.4 Å². The van der Waals surface area contributed by atoms with Gasteiger partial charge in [0.05, 0.1) is 13.2 Å². The smallest absolute Gasteiger partial charge is 0.0623 e. The van der Waals surface area contributed by atoms with E-state index in [1.165, 1.54) is 38.5 Å². The molecule has 1 N–H and O–H groups in total. The Hall–Kier alpha value is -0.120. The normalized spacial score (nSPS) is 27.5. The van der Waals surface area contributed by atoms with Gasteiger partial charge in [0, 0.05) is 25.2 Å². The first-order chi connectivity index (χ1) is 8.90. The summed E-state index contributed by atoms with van der Waals surface area (Å²) in [5.74, 6) is 1.47. The third-order valence-corrected chi connectivity index (χ3v) is 4.38. The molecule has 1 saturated heterocycles. The van der Waals surface area contributed by atoms with Crippen LogP contribution in [-0.2, 0) is 9.47 Å². The van der Waals surface area contributed by atoms with Crippen molar-refractivity contribution in [1.82, 2.24) is 5.32 Å². The van der Waals surface area contributed by atoms with E-state index in [-0.39, 0.29) is 0 Å². The molecular weight excluding hydrogens is 226 g/mol. The maximum absolute atomic E-state index is 5.98. The Morgan fingerprint density at radius 2 is 2.06 bits per heavy atom. The summed E-state index contributed by atoms with van der Waals surface area (Å²) in [6, 6.07) is 0.487. The van der Waals surface area contributed by atoms with Crippen molar-refractivity contribution >= 4 is 0 Å². The van der Waals surface area contributed by atoms with Crippen LogP contribution in [0.2, 0.25) is 0 Å². The highest BCUT2D eigenvalue weighted by molar-refractivity contribution is 4.79. The largest absolute Gasteiger partial charge is 0.381 e. The fraction of sp³-hybridized carbons (Fsp3) is 1.00. The number of nitrogens with one attached hydrogen (secondary N) is 1. The molecule has 1 aliphatic carbocycles. The van der Waals surface area contributed by atoms with E-state index in [1.54, 1.807) is 0 Å². The SMILES string of the molecule is CCNC(COCC1CCCCC1)C1CCOC1.